The Hall–Kier alpha value is -1.36. The van der Waals surface area contributed by atoms with E-state index in [2.05, 4.69) is 28.2 Å². The van der Waals surface area contributed by atoms with Crippen LogP contribution in [-0.2, 0) is 20.7 Å². The van der Waals surface area contributed by atoms with Crippen molar-refractivity contribution in [2.45, 2.75) is 32.3 Å². The van der Waals surface area contributed by atoms with Crippen molar-refractivity contribution in [2.75, 3.05) is 5.32 Å². The van der Waals surface area contributed by atoms with E-state index in [1.165, 1.54) is 0 Å². The summed E-state index contributed by atoms with van der Waals surface area (Å²) in [4.78, 5) is 24.8. The number of rotatable bonds is 3. The van der Waals surface area contributed by atoms with Crippen molar-refractivity contribution < 1.29 is 14.3 Å². The van der Waals surface area contributed by atoms with Gasteiger partial charge in [-0.2, -0.15) is 0 Å². The lowest BCUT2D eigenvalue weighted by molar-refractivity contribution is -0.145. The quantitative estimate of drug-likeness (QED) is 0.839. The number of aryl methyl sites for hydroxylation is 1. The summed E-state index contributed by atoms with van der Waals surface area (Å²) in [5.74, 6) is -0.0573. The van der Waals surface area contributed by atoms with Crippen LogP contribution < -0.4 is 5.32 Å². The summed E-state index contributed by atoms with van der Waals surface area (Å²) in [7, 11) is 0. The number of hydrogen-bond acceptors (Lipinski definition) is 3. The van der Waals surface area contributed by atoms with Crippen LogP contribution in [0.2, 0.25) is 0 Å². The molecule has 1 aromatic carbocycles. The summed E-state index contributed by atoms with van der Waals surface area (Å²) in [6.07, 6.45) is 2.73. The molecule has 2 saturated carbocycles. The second-order valence-electron chi connectivity index (χ2n) is 6.57. The molecule has 4 rings (SSSR count). The maximum absolute atomic E-state index is 12.8. The monoisotopic (exact) mass is 363 g/mol. The number of esters is 1. The molecule has 0 aromatic heterocycles. The number of ether oxygens (including phenoxy) is 1. The molecule has 22 heavy (non-hydrogen) atoms. The molecule has 0 spiro atoms. The van der Waals surface area contributed by atoms with E-state index >= 15 is 0 Å². The number of carbonyl (C=O) groups excluding carboxylic acids is 2. The molecule has 3 aliphatic rings. The topological polar surface area (TPSA) is 55.4 Å². The molecule has 2 aliphatic carbocycles. The first-order valence-electron chi connectivity index (χ1n) is 7.88. The highest BCUT2D eigenvalue weighted by Crippen LogP contribution is 2.57. The van der Waals surface area contributed by atoms with Crippen LogP contribution in [-0.4, -0.2) is 18.0 Å². The Labute approximate surface area is 137 Å². The summed E-state index contributed by atoms with van der Waals surface area (Å²) >= 11 is 3.46. The second kappa shape index (κ2) is 5.08. The van der Waals surface area contributed by atoms with Gasteiger partial charge < -0.3 is 10.1 Å². The van der Waals surface area contributed by atoms with Gasteiger partial charge in [-0.3, -0.25) is 9.59 Å². The Balaban J connectivity index is 1.57. The fourth-order valence-electron chi connectivity index (χ4n) is 4.56. The molecule has 1 N–H and O–H groups in total. The van der Waals surface area contributed by atoms with Crippen LogP contribution in [0, 0.1) is 23.7 Å². The average Bonchev–Trinajstić information content (AvgIpc) is 3.10. The Kier molecular flexibility index (Phi) is 3.29. The summed E-state index contributed by atoms with van der Waals surface area (Å²) < 4.78 is 6.41. The van der Waals surface area contributed by atoms with Gasteiger partial charge in [0.05, 0.1) is 11.8 Å². The van der Waals surface area contributed by atoms with Gasteiger partial charge in [0, 0.05) is 16.1 Å². The van der Waals surface area contributed by atoms with E-state index in [-0.39, 0.29) is 35.7 Å². The van der Waals surface area contributed by atoms with Crippen LogP contribution in [0.3, 0.4) is 0 Å². The molecule has 4 nitrogen and oxygen atoms in total. The molecule has 0 radical (unpaired) electrons. The smallest absolute Gasteiger partial charge is 0.310 e. The molecule has 3 fully saturated rings. The van der Waals surface area contributed by atoms with Crippen molar-refractivity contribution in [3.8, 4) is 0 Å². The number of hydrogen-bond donors (Lipinski definition) is 1. The Morgan fingerprint density at radius 3 is 3.00 bits per heavy atom. The van der Waals surface area contributed by atoms with Crippen molar-refractivity contribution in [1.82, 2.24) is 0 Å². The van der Waals surface area contributed by atoms with Gasteiger partial charge in [0.1, 0.15) is 6.10 Å². The Morgan fingerprint density at radius 2 is 2.23 bits per heavy atom. The minimum absolute atomic E-state index is 0.0215. The molecule has 2 bridgehead atoms. The molecular weight excluding hydrogens is 346 g/mol. The number of benzene rings is 1. The fraction of sp³-hybridized carbons (Fsp3) is 0.529. The zero-order chi connectivity index (χ0) is 15.4. The SMILES string of the molecule is CCc1cc(Br)ccc1NC(=O)C1C2CC3OC(=O)C1C3C2. The maximum atomic E-state index is 12.8. The molecule has 5 unspecified atom stereocenters. The summed E-state index contributed by atoms with van der Waals surface area (Å²) in [5, 5.41) is 3.05. The predicted molar refractivity (Wildman–Crippen MR) is 85.2 cm³/mol. The van der Waals surface area contributed by atoms with Crippen LogP contribution in [0.25, 0.3) is 0 Å². The van der Waals surface area contributed by atoms with E-state index in [0.29, 0.717) is 5.92 Å². The zero-order valence-electron chi connectivity index (χ0n) is 12.3. The van der Waals surface area contributed by atoms with Gasteiger partial charge in [0.15, 0.2) is 0 Å². The lowest BCUT2D eigenvalue weighted by Crippen LogP contribution is -2.36. The molecule has 1 aromatic rings. The van der Waals surface area contributed by atoms with Gasteiger partial charge in [-0.05, 0) is 48.9 Å². The number of halogens is 1. The largest absolute Gasteiger partial charge is 0.462 e. The normalized spacial score (nSPS) is 34.8. The fourth-order valence-corrected chi connectivity index (χ4v) is 4.96. The van der Waals surface area contributed by atoms with Crippen molar-refractivity contribution in [3.63, 3.8) is 0 Å². The van der Waals surface area contributed by atoms with Gasteiger partial charge in [0.2, 0.25) is 5.91 Å². The van der Waals surface area contributed by atoms with Crippen LogP contribution in [0.4, 0.5) is 5.69 Å². The minimum atomic E-state index is -0.218. The van der Waals surface area contributed by atoms with E-state index in [0.717, 1.165) is 35.0 Å². The molecule has 1 aliphatic heterocycles. The molecular formula is C17H18BrNO3. The minimum Gasteiger partial charge on any atom is -0.462 e. The Morgan fingerprint density at radius 1 is 1.41 bits per heavy atom. The number of fused-ring (bicyclic) bond motifs is 1. The van der Waals surface area contributed by atoms with E-state index in [9.17, 15) is 9.59 Å². The second-order valence-corrected chi connectivity index (χ2v) is 7.48. The molecule has 5 atom stereocenters. The highest BCUT2D eigenvalue weighted by Gasteiger charge is 2.63. The third-order valence-corrected chi connectivity index (χ3v) is 5.99. The van der Waals surface area contributed by atoms with E-state index in [4.69, 9.17) is 4.74 Å². The lowest BCUT2D eigenvalue weighted by Gasteiger charge is -2.24. The zero-order valence-corrected chi connectivity index (χ0v) is 13.9. The van der Waals surface area contributed by atoms with Crippen molar-refractivity contribution in [3.05, 3.63) is 28.2 Å². The summed E-state index contributed by atoms with van der Waals surface area (Å²) in [6.45, 7) is 2.06. The maximum Gasteiger partial charge on any atom is 0.310 e. The van der Waals surface area contributed by atoms with Crippen molar-refractivity contribution >= 4 is 33.5 Å². The number of carbonyl (C=O) groups is 2. The van der Waals surface area contributed by atoms with Gasteiger partial charge in [0.25, 0.3) is 0 Å². The first-order chi connectivity index (χ1) is 10.6. The number of nitrogens with one attached hydrogen (secondary N) is 1. The van der Waals surface area contributed by atoms with Crippen LogP contribution in [0.5, 0.6) is 0 Å². The van der Waals surface area contributed by atoms with Crippen LogP contribution in [0.15, 0.2) is 22.7 Å². The van der Waals surface area contributed by atoms with Gasteiger partial charge in [-0.25, -0.2) is 0 Å². The van der Waals surface area contributed by atoms with Crippen molar-refractivity contribution in [1.29, 1.82) is 0 Å². The first kappa shape index (κ1) is 14.2. The average molecular weight is 364 g/mol. The van der Waals surface area contributed by atoms with Gasteiger partial charge in [-0.15, -0.1) is 0 Å². The number of amides is 1. The molecule has 5 heteroatoms. The molecule has 1 amide bonds. The van der Waals surface area contributed by atoms with E-state index in [1.54, 1.807) is 0 Å². The van der Waals surface area contributed by atoms with Crippen LogP contribution >= 0.6 is 15.9 Å². The molecule has 1 heterocycles. The molecule has 1 saturated heterocycles. The first-order valence-corrected chi connectivity index (χ1v) is 8.67. The van der Waals surface area contributed by atoms with Crippen LogP contribution in [0.1, 0.15) is 25.3 Å². The standard InChI is InChI=1S/C17H18BrNO3/c1-2-8-5-10(18)3-4-12(8)19-16(20)14-9-6-11-13(7-9)22-17(21)15(11)14/h3-5,9,11,13-15H,2,6-7H2,1H3,(H,19,20). The third-order valence-electron chi connectivity index (χ3n) is 5.49. The predicted octanol–water partition coefficient (Wildman–Crippen LogP) is 3.15. The third kappa shape index (κ3) is 2.02. The summed E-state index contributed by atoms with van der Waals surface area (Å²) in [6, 6.07) is 5.87. The number of anilines is 1. The Bertz CT molecular complexity index is 657. The lowest BCUT2D eigenvalue weighted by atomic mass is 9.79. The molecule has 116 valence electrons. The van der Waals surface area contributed by atoms with Gasteiger partial charge in [-0.1, -0.05) is 22.9 Å². The van der Waals surface area contributed by atoms with E-state index in [1.807, 2.05) is 18.2 Å². The highest BCUT2D eigenvalue weighted by molar-refractivity contribution is 9.10. The highest BCUT2D eigenvalue weighted by atomic mass is 79.9. The summed E-state index contributed by atoms with van der Waals surface area (Å²) in [5.41, 5.74) is 1.94. The van der Waals surface area contributed by atoms with Gasteiger partial charge >= 0.3 is 5.97 Å². The van der Waals surface area contributed by atoms with Crippen molar-refractivity contribution in [2.24, 2.45) is 23.7 Å². The van der Waals surface area contributed by atoms with E-state index < -0.39 is 0 Å².